The molecule has 0 radical (unpaired) electrons. The average Bonchev–Trinajstić information content (AvgIpc) is 2.69. The average molecular weight is 305 g/mol. The van der Waals surface area contributed by atoms with Crippen molar-refractivity contribution in [3.05, 3.63) is 53.6 Å². The van der Waals surface area contributed by atoms with Gasteiger partial charge in [-0.15, -0.1) is 0 Å². The van der Waals surface area contributed by atoms with Crippen LogP contribution in [0.2, 0.25) is 0 Å². The second-order valence-corrected chi connectivity index (χ2v) is 4.82. The molecule has 114 valence electrons. The summed E-state index contributed by atoms with van der Waals surface area (Å²) in [4.78, 5) is 13.6. The topological polar surface area (TPSA) is 38.8 Å². The fourth-order valence-corrected chi connectivity index (χ4v) is 2.37. The first kappa shape index (κ1) is 14.3. The van der Waals surface area contributed by atoms with E-state index in [4.69, 9.17) is 9.47 Å². The van der Waals surface area contributed by atoms with Gasteiger partial charge in [0.05, 0.1) is 13.7 Å². The summed E-state index contributed by atoms with van der Waals surface area (Å²) >= 11 is 0. The van der Waals surface area contributed by atoms with Gasteiger partial charge >= 0.3 is 0 Å². The van der Waals surface area contributed by atoms with Crippen molar-refractivity contribution in [2.45, 2.75) is 6.54 Å². The molecule has 0 saturated heterocycles. The van der Waals surface area contributed by atoms with Crippen molar-refractivity contribution in [1.29, 1.82) is 0 Å². The Morgan fingerprint density at radius 2 is 2.00 bits per heavy atom. The van der Waals surface area contributed by atoms with Crippen LogP contribution in [0, 0.1) is 11.6 Å². The Hall–Kier alpha value is -2.63. The zero-order chi connectivity index (χ0) is 15.7. The third-order valence-electron chi connectivity index (χ3n) is 3.46. The van der Waals surface area contributed by atoms with Crippen LogP contribution in [0.15, 0.2) is 36.4 Å². The van der Waals surface area contributed by atoms with Gasteiger partial charge in [-0.05, 0) is 18.2 Å². The van der Waals surface area contributed by atoms with E-state index in [0.29, 0.717) is 11.5 Å². The van der Waals surface area contributed by atoms with E-state index in [0.717, 1.165) is 17.7 Å². The molecule has 0 aliphatic carbocycles. The number of carbonyl (C=O) groups is 1. The number of ether oxygens (including phenoxy) is 2. The van der Waals surface area contributed by atoms with Crippen LogP contribution in [-0.4, -0.2) is 19.6 Å². The predicted molar refractivity (Wildman–Crippen MR) is 76.0 cm³/mol. The van der Waals surface area contributed by atoms with Crippen molar-refractivity contribution in [3.63, 3.8) is 0 Å². The Kier molecular flexibility index (Phi) is 3.66. The molecule has 0 saturated carbocycles. The third-order valence-corrected chi connectivity index (χ3v) is 3.46. The molecule has 0 bridgehead atoms. The Morgan fingerprint density at radius 1 is 1.18 bits per heavy atom. The number of anilines is 1. The van der Waals surface area contributed by atoms with Crippen LogP contribution in [0.1, 0.15) is 5.56 Å². The van der Waals surface area contributed by atoms with E-state index in [1.54, 1.807) is 18.2 Å². The number of nitrogens with zero attached hydrogens (tertiary/aromatic N) is 1. The molecule has 0 spiro atoms. The molecule has 1 aliphatic heterocycles. The van der Waals surface area contributed by atoms with Crippen molar-refractivity contribution in [2.75, 3.05) is 18.6 Å². The number of methoxy groups -OCH3 is 1. The highest BCUT2D eigenvalue weighted by atomic mass is 19.2. The van der Waals surface area contributed by atoms with Crippen LogP contribution in [0.4, 0.5) is 14.5 Å². The van der Waals surface area contributed by atoms with E-state index in [1.165, 1.54) is 18.1 Å². The lowest BCUT2D eigenvalue weighted by Crippen LogP contribution is -2.32. The first-order chi connectivity index (χ1) is 10.6. The molecule has 0 N–H and O–H groups in total. The van der Waals surface area contributed by atoms with Crippen LogP contribution >= 0.6 is 0 Å². The first-order valence-corrected chi connectivity index (χ1v) is 6.64. The Balaban J connectivity index is 2.01. The Bertz CT molecular complexity index is 733. The molecule has 0 aromatic heterocycles. The van der Waals surface area contributed by atoms with Crippen LogP contribution < -0.4 is 14.4 Å². The zero-order valence-electron chi connectivity index (χ0n) is 11.8. The highest BCUT2D eigenvalue weighted by molar-refractivity contribution is 5.95. The van der Waals surface area contributed by atoms with Crippen molar-refractivity contribution in [2.24, 2.45) is 0 Å². The summed E-state index contributed by atoms with van der Waals surface area (Å²) in [5.74, 6) is -1.28. The minimum atomic E-state index is -0.999. The molecule has 1 amide bonds. The normalized spacial score (nSPS) is 14.1. The van der Waals surface area contributed by atoms with Crippen LogP contribution in [-0.2, 0) is 11.3 Å². The van der Waals surface area contributed by atoms with Crippen molar-refractivity contribution in [1.82, 2.24) is 0 Å². The van der Waals surface area contributed by atoms with E-state index in [2.05, 4.69) is 0 Å². The number of halogens is 2. The number of hydrogen-bond acceptors (Lipinski definition) is 3. The van der Waals surface area contributed by atoms with Crippen molar-refractivity contribution in [3.8, 4) is 11.5 Å². The van der Waals surface area contributed by atoms with Gasteiger partial charge in [-0.3, -0.25) is 4.79 Å². The lowest BCUT2D eigenvalue weighted by atomic mass is 10.1. The number of fused-ring (bicyclic) bond motifs is 1. The highest BCUT2D eigenvalue weighted by Gasteiger charge is 2.25. The minimum Gasteiger partial charge on any atom is -0.493 e. The number of para-hydroxylation sites is 1. The summed E-state index contributed by atoms with van der Waals surface area (Å²) in [7, 11) is 1.51. The quantitative estimate of drug-likeness (QED) is 0.856. The molecule has 0 fully saturated rings. The van der Waals surface area contributed by atoms with E-state index in [-0.39, 0.29) is 24.7 Å². The maximum Gasteiger partial charge on any atom is 0.265 e. The molecule has 1 heterocycles. The molecule has 6 heteroatoms. The molecule has 0 unspecified atom stereocenters. The molecular weight excluding hydrogens is 292 g/mol. The number of benzene rings is 2. The lowest BCUT2D eigenvalue weighted by Gasteiger charge is -2.20. The second kappa shape index (κ2) is 5.63. The monoisotopic (exact) mass is 305 g/mol. The smallest absolute Gasteiger partial charge is 0.265 e. The van der Waals surface area contributed by atoms with Gasteiger partial charge in [-0.2, -0.15) is 0 Å². The van der Waals surface area contributed by atoms with E-state index in [1.807, 2.05) is 0 Å². The maximum atomic E-state index is 13.4. The molecule has 4 nitrogen and oxygen atoms in total. The maximum absolute atomic E-state index is 13.4. The van der Waals surface area contributed by atoms with Gasteiger partial charge in [0.15, 0.2) is 29.7 Å². The first-order valence-electron chi connectivity index (χ1n) is 6.64. The lowest BCUT2D eigenvalue weighted by molar-refractivity contribution is -0.120. The molecule has 1 aliphatic rings. The fourth-order valence-electron chi connectivity index (χ4n) is 2.37. The fraction of sp³-hybridized carbons (Fsp3) is 0.188. The summed E-state index contributed by atoms with van der Waals surface area (Å²) in [5.41, 5.74) is 1.01. The van der Waals surface area contributed by atoms with E-state index >= 15 is 0 Å². The second-order valence-electron chi connectivity index (χ2n) is 4.82. The highest BCUT2D eigenvalue weighted by Crippen LogP contribution is 2.35. The standard InChI is InChI=1S/C16H13F2NO3/c1-21-14-4-2-3-10-8-19(15(20)9-22-16(10)14)11-5-6-12(17)13(18)7-11/h2-7H,8-9H2,1H3. The number of amides is 1. The summed E-state index contributed by atoms with van der Waals surface area (Å²) in [6.07, 6.45) is 0. The minimum absolute atomic E-state index is 0.191. The summed E-state index contributed by atoms with van der Waals surface area (Å²) in [6.45, 7) is -0.0111. The molecular formula is C16H13F2NO3. The number of rotatable bonds is 2. The summed E-state index contributed by atoms with van der Waals surface area (Å²) in [5, 5.41) is 0. The van der Waals surface area contributed by atoms with E-state index in [9.17, 15) is 13.6 Å². The molecule has 2 aromatic carbocycles. The SMILES string of the molecule is COc1cccc2c1OCC(=O)N(c1ccc(F)c(F)c1)C2. The van der Waals surface area contributed by atoms with Gasteiger partial charge in [-0.25, -0.2) is 8.78 Å². The molecule has 2 aromatic rings. The molecule has 0 atom stereocenters. The van der Waals surface area contributed by atoms with Crippen molar-refractivity contribution < 1.29 is 23.0 Å². The number of hydrogen-bond donors (Lipinski definition) is 0. The van der Waals surface area contributed by atoms with Gasteiger partial charge in [0.2, 0.25) is 0 Å². The van der Waals surface area contributed by atoms with Gasteiger partial charge in [0, 0.05) is 17.3 Å². The van der Waals surface area contributed by atoms with Gasteiger partial charge in [0.1, 0.15) is 0 Å². The molecule has 3 rings (SSSR count). The van der Waals surface area contributed by atoms with Crippen molar-refractivity contribution >= 4 is 11.6 Å². The predicted octanol–water partition coefficient (Wildman–Crippen LogP) is 2.90. The van der Waals surface area contributed by atoms with Gasteiger partial charge < -0.3 is 14.4 Å². The van der Waals surface area contributed by atoms with Gasteiger partial charge in [0.25, 0.3) is 5.91 Å². The molecule has 22 heavy (non-hydrogen) atoms. The zero-order valence-corrected chi connectivity index (χ0v) is 11.8. The van der Waals surface area contributed by atoms with E-state index < -0.39 is 11.6 Å². The Labute approximate surface area is 125 Å². The van der Waals surface area contributed by atoms with Crippen LogP contribution in [0.3, 0.4) is 0 Å². The summed E-state index contributed by atoms with van der Waals surface area (Å²) < 4.78 is 37.2. The van der Waals surface area contributed by atoms with Gasteiger partial charge in [-0.1, -0.05) is 12.1 Å². The largest absolute Gasteiger partial charge is 0.493 e. The van der Waals surface area contributed by atoms with Crippen LogP contribution in [0.25, 0.3) is 0 Å². The Morgan fingerprint density at radius 3 is 2.73 bits per heavy atom. The van der Waals surface area contributed by atoms with Crippen LogP contribution in [0.5, 0.6) is 11.5 Å². The summed E-state index contributed by atoms with van der Waals surface area (Å²) in [6, 6.07) is 8.66. The number of carbonyl (C=O) groups excluding carboxylic acids is 1. The third kappa shape index (κ3) is 2.47.